The Kier molecular flexibility index (Phi) is 2.61. The molecule has 1 heterocycles. The first-order chi connectivity index (χ1) is 8.08. The van der Waals surface area contributed by atoms with Gasteiger partial charge in [-0.05, 0) is 12.1 Å². The van der Waals surface area contributed by atoms with Gasteiger partial charge >= 0.3 is 11.9 Å². The largest absolute Gasteiger partial charge is 0.419 e. The van der Waals surface area contributed by atoms with Gasteiger partial charge in [0.25, 0.3) is 5.91 Å². The van der Waals surface area contributed by atoms with Crippen molar-refractivity contribution in [1.29, 1.82) is 0 Å². The Morgan fingerprint density at radius 1 is 1.06 bits per heavy atom. The van der Waals surface area contributed by atoms with Gasteiger partial charge in [0.1, 0.15) is 0 Å². The lowest BCUT2D eigenvalue weighted by Crippen LogP contribution is -2.18. The number of fused-ring (bicyclic) bond motifs is 1. The third-order valence-corrected chi connectivity index (χ3v) is 2.01. The number of carbonyl (C=O) groups excluding carboxylic acids is 3. The topological polar surface area (TPSA) is 95.7 Å². The van der Waals surface area contributed by atoms with Crippen LogP contribution < -0.4 is 15.2 Å². The zero-order valence-corrected chi connectivity index (χ0v) is 8.51. The van der Waals surface area contributed by atoms with E-state index in [0.717, 1.165) is 12.2 Å². The number of carbonyl (C=O) groups is 3. The molecule has 0 saturated carbocycles. The Labute approximate surface area is 95.6 Å². The number of para-hydroxylation sites is 1. The van der Waals surface area contributed by atoms with Crippen molar-refractivity contribution in [2.75, 3.05) is 0 Å². The molecule has 0 radical (unpaired) electrons. The highest BCUT2D eigenvalue weighted by Gasteiger charge is 2.20. The number of esters is 2. The number of ether oxygens (including phenoxy) is 2. The summed E-state index contributed by atoms with van der Waals surface area (Å²) in [5.74, 6) is -2.47. The minimum atomic E-state index is -0.782. The summed E-state index contributed by atoms with van der Waals surface area (Å²) in [6, 6.07) is 4.23. The third-order valence-electron chi connectivity index (χ3n) is 2.01. The van der Waals surface area contributed by atoms with Crippen LogP contribution in [0.25, 0.3) is 0 Å². The van der Waals surface area contributed by atoms with Crippen LogP contribution in [0.5, 0.6) is 11.5 Å². The Morgan fingerprint density at radius 3 is 2.35 bits per heavy atom. The minimum absolute atomic E-state index is 0.0241. The zero-order chi connectivity index (χ0) is 12.4. The summed E-state index contributed by atoms with van der Waals surface area (Å²) >= 11 is 0. The van der Waals surface area contributed by atoms with Crippen LogP contribution in [0.2, 0.25) is 0 Å². The quantitative estimate of drug-likeness (QED) is 0.550. The van der Waals surface area contributed by atoms with Gasteiger partial charge in [-0.2, -0.15) is 0 Å². The number of nitrogens with two attached hydrogens (primary N) is 1. The molecule has 0 unspecified atom stereocenters. The van der Waals surface area contributed by atoms with Crippen molar-refractivity contribution < 1.29 is 23.9 Å². The van der Waals surface area contributed by atoms with Crippen molar-refractivity contribution in [3.63, 3.8) is 0 Å². The molecule has 6 heteroatoms. The lowest BCUT2D eigenvalue weighted by Gasteiger charge is -2.13. The smallest absolute Gasteiger partial charge is 0.336 e. The van der Waals surface area contributed by atoms with Crippen molar-refractivity contribution in [2.24, 2.45) is 5.73 Å². The number of hydrogen-bond acceptors (Lipinski definition) is 5. The van der Waals surface area contributed by atoms with Gasteiger partial charge in [-0.25, -0.2) is 9.59 Å². The molecular weight excluding hydrogens is 226 g/mol. The zero-order valence-electron chi connectivity index (χ0n) is 8.51. The maximum absolute atomic E-state index is 11.3. The van der Waals surface area contributed by atoms with E-state index < -0.39 is 17.8 Å². The van der Waals surface area contributed by atoms with E-state index in [1.54, 1.807) is 0 Å². The molecule has 0 aliphatic carbocycles. The van der Waals surface area contributed by atoms with Crippen molar-refractivity contribution in [3.05, 3.63) is 35.9 Å². The van der Waals surface area contributed by atoms with E-state index in [-0.39, 0.29) is 17.1 Å². The predicted octanol–water partition coefficient (Wildman–Crippen LogP) is 0.166. The van der Waals surface area contributed by atoms with E-state index in [2.05, 4.69) is 0 Å². The Bertz CT molecular complexity index is 547. The van der Waals surface area contributed by atoms with Gasteiger partial charge in [-0.15, -0.1) is 0 Å². The lowest BCUT2D eigenvalue weighted by molar-refractivity contribution is -0.133. The van der Waals surface area contributed by atoms with Crippen LogP contribution in [-0.2, 0) is 9.59 Å². The summed E-state index contributed by atoms with van der Waals surface area (Å²) in [6.07, 6.45) is 1.84. The highest BCUT2D eigenvalue weighted by Crippen LogP contribution is 2.32. The van der Waals surface area contributed by atoms with E-state index in [1.807, 2.05) is 0 Å². The average molecular weight is 233 g/mol. The van der Waals surface area contributed by atoms with Crippen LogP contribution >= 0.6 is 0 Å². The second kappa shape index (κ2) is 4.09. The molecule has 1 aromatic carbocycles. The monoisotopic (exact) mass is 233 g/mol. The molecule has 0 saturated heterocycles. The van der Waals surface area contributed by atoms with Crippen molar-refractivity contribution in [3.8, 4) is 11.5 Å². The van der Waals surface area contributed by atoms with Crippen molar-refractivity contribution in [1.82, 2.24) is 0 Å². The van der Waals surface area contributed by atoms with Crippen LogP contribution in [0.4, 0.5) is 0 Å². The van der Waals surface area contributed by atoms with E-state index in [4.69, 9.17) is 15.2 Å². The first kappa shape index (κ1) is 10.9. The summed E-state index contributed by atoms with van der Waals surface area (Å²) in [5, 5.41) is 0. The molecule has 2 rings (SSSR count). The molecule has 0 fully saturated rings. The van der Waals surface area contributed by atoms with Crippen LogP contribution in [-0.4, -0.2) is 17.8 Å². The molecule has 2 N–H and O–H groups in total. The van der Waals surface area contributed by atoms with Crippen molar-refractivity contribution >= 4 is 17.8 Å². The van der Waals surface area contributed by atoms with Gasteiger partial charge in [0.15, 0.2) is 11.5 Å². The Balaban J connectivity index is 2.57. The Morgan fingerprint density at radius 2 is 1.71 bits per heavy atom. The maximum atomic E-state index is 11.3. The molecule has 1 aliphatic rings. The molecule has 17 heavy (non-hydrogen) atoms. The molecule has 0 spiro atoms. The molecule has 0 bridgehead atoms. The first-order valence-electron chi connectivity index (χ1n) is 4.62. The second-order valence-electron chi connectivity index (χ2n) is 3.17. The summed E-state index contributed by atoms with van der Waals surface area (Å²) in [6.45, 7) is 0. The van der Waals surface area contributed by atoms with Gasteiger partial charge < -0.3 is 15.2 Å². The molecule has 1 amide bonds. The third kappa shape index (κ3) is 2.15. The summed E-state index contributed by atoms with van der Waals surface area (Å²) < 4.78 is 9.74. The van der Waals surface area contributed by atoms with Crippen LogP contribution in [0.1, 0.15) is 10.4 Å². The molecule has 1 aliphatic heterocycles. The molecule has 86 valence electrons. The van der Waals surface area contributed by atoms with E-state index >= 15 is 0 Å². The van der Waals surface area contributed by atoms with Gasteiger partial charge in [-0.1, -0.05) is 6.07 Å². The maximum Gasteiger partial charge on any atom is 0.336 e. The Hall–Kier alpha value is -2.63. The van der Waals surface area contributed by atoms with E-state index in [9.17, 15) is 14.4 Å². The van der Waals surface area contributed by atoms with Gasteiger partial charge in [0, 0.05) is 12.2 Å². The molecule has 0 atom stereocenters. The van der Waals surface area contributed by atoms with Crippen LogP contribution in [0, 0.1) is 0 Å². The lowest BCUT2D eigenvalue weighted by atomic mass is 10.1. The first-order valence-corrected chi connectivity index (χ1v) is 4.62. The number of primary amides is 1. The predicted molar refractivity (Wildman–Crippen MR) is 55.4 cm³/mol. The molecule has 1 aromatic rings. The standard InChI is InChI=1S/C11H7NO5/c12-11(15)6-2-1-3-7-10(6)17-9(14)5-4-8(13)16-7/h1-5H,(H2,12,15)/b5-4+. The fourth-order valence-corrected chi connectivity index (χ4v) is 1.31. The number of rotatable bonds is 1. The highest BCUT2D eigenvalue weighted by molar-refractivity contribution is 6.00. The minimum Gasteiger partial charge on any atom is -0.419 e. The van der Waals surface area contributed by atoms with Gasteiger partial charge in [0.05, 0.1) is 5.56 Å². The highest BCUT2D eigenvalue weighted by atomic mass is 16.6. The van der Waals surface area contributed by atoms with E-state index in [1.165, 1.54) is 18.2 Å². The fraction of sp³-hybridized carbons (Fsp3) is 0. The van der Waals surface area contributed by atoms with Gasteiger partial charge in [-0.3, -0.25) is 4.79 Å². The summed E-state index contributed by atoms with van der Waals surface area (Å²) in [7, 11) is 0. The normalized spacial score (nSPS) is 16.0. The second-order valence-corrected chi connectivity index (χ2v) is 3.17. The summed E-state index contributed by atoms with van der Waals surface area (Å²) in [5.41, 5.74) is 5.09. The molecule has 6 nitrogen and oxygen atoms in total. The van der Waals surface area contributed by atoms with Gasteiger partial charge in [0.2, 0.25) is 0 Å². The molecular formula is C11H7NO5. The number of hydrogen-bond donors (Lipinski definition) is 1. The number of benzene rings is 1. The van der Waals surface area contributed by atoms with Crippen LogP contribution in [0.3, 0.4) is 0 Å². The van der Waals surface area contributed by atoms with Crippen LogP contribution in [0.15, 0.2) is 30.4 Å². The number of amides is 1. The average Bonchev–Trinajstić information content (AvgIpc) is 2.26. The molecule has 0 aromatic heterocycles. The van der Waals surface area contributed by atoms with Crippen molar-refractivity contribution in [2.45, 2.75) is 0 Å². The SMILES string of the molecule is NC(=O)c1cccc2c1OC(=O)/C=C/C(=O)O2. The summed E-state index contributed by atoms with van der Waals surface area (Å²) in [4.78, 5) is 33.6. The van der Waals surface area contributed by atoms with E-state index in [0.29, 0.717) is 0 Å². The fourth-order valence-electron chi connectivity index (χ4n) is 1.31.